The number of aryl methyl sites for hydroxylation is 1. The number of anilines is 2. The molecule has 1 atom stereocenters. The Morgan fingerprint density at radius 1 is 1.40 bits per heavy atom. The quantitative estimate of drug-likeness (QED) is 0.728. The van der Waals surface area contributed by atoms with Crippen molar-refractivity contribution in [3.05, 3.63) is 35.4 Å². The number of hydrogen-bond donors (Lipinski definition) is 3. The minimum absolute atomic E-state index is 0.364. The SMILES string of the molecule is Cc1cnc(C2=CCC(S(N)(=O)=O)S2)nc1Nc1cc(C2CC2)[nH]n1. The van der Waals surface area contributed by atoms with E-state index in [4.69, 9.17) is 5.14 Å². The molecule has 0 spiro atoms. The van der Waals surface area contributed by atoms with E-state index in [1.165, 1.54) is 24.6 Å². The molecular weight excluding hydrogens is 360 g/mol. The van der Waals surface area contributed by atoms with Gasteiger partial charge in [0.2, 0.25) is 10.0 Å². The summed E-state index contributed by atoms with van der Waals surface area (Å²) in [7, 11) is -3.58. The molecule has 132 valence electrons. The second kappa shape index (κ2) is 6.11. The molecule has 4 rings (SSSR count). The summed E-state index contributed by atoms with van der Waals surface area (Å²) in [5, 5.41) is 15.8. The number of H-pyrrole nitrogens is 1. The smallest absolute Gasteiger partial charge is 0.222 e. The van der Waals surface area contributed by atoms with Gasteiger partial charge in [0.1, 0.15) is 10.4 Å². The Bertz CT molecular complexity index is 949. The van der Waals surface area contributed by atoms with Gasteiger partial charge in [-0.3, -0.25) is 5.10 Å². The molecule has 4 N–H and O–H groups in total. The molecule has 0 radical (unpaired) electrons. The van der Waals surface area contributed by atoms with E-state index < -0.39 is 14.6 Å². The van der Waals surface area contributed by atoms with E-state index in [9.17, 15) is 8.42 Å². The van der Waals surface area contributed by atoms with Gasteiger partial charge in [-0.05, 0) is 26.2 Å². The number of nitrogens with zero attached hydrogens (tertiary/aromatic N) is 3. The molecule has 1 aliphatic carbocycles. The van der Waals surface area contributed by atoms with Gasteiger partial charge in [-0.1, -0.05) is 6.08 Å². The molecule has 2 aromatic heterocycles. The van der Waals surface area contributed by atoms with Gasteiger partial charge in [-0.25, -0.2) is 23.5 Å². The maximum atomic E-state index is 11.5. The van der Waals surface area contributed by atoms with E-state index in [-0.39, 0.29) is 0 Å². The highest BCUT2D eigenvalue weighted by molar-refractivity contribution is 8.18. The summed E-state index contributed by atoms with van der Waals surface area (Å²) in [5.74, 6) is 2.45. The van der Waals surface area contributed by atoms with Crippen molar-refractivity contribution < 1.29 is 8.42 Å². The Kier molecular flexibility index (Phi) is 4.05. The summed E-state index contributed by atoms with van der Waals surface area (Å²) in [5.41, 5.74) is 2.02. The highest BCUT2D eigenvalue weighted by Gasteiger charge is 2.29. The topological polar surface area (TPSA) is 127 Å². The fraction of sp³-hybridized carbons (Fsp3) is 0.400. The van der Waals surface area contributed by atoms with Crippen molar-refractivity contribution >= 4 is 38.3 Å². The summed E-state index contributed by atoms with van der Waals surface area (Å²) >= 11 is 1.18. The van der Waals surface area contributed by atoms with E-state index in [0.29, 0.717) is 29.8 Å². The normalized spacial score (nSPS) is 20.6. The number of hydrogen-bond acceptors (Lipinski definition) is 7. The largest absolute Gasteiger partial charge is 0.323 e. The Morgan fingerprint density at radius 2 is 2.20 bits per heavy atom. The van der Waals surface area contributed by atoms with Gasteiger partial charge < -0.3 is 5.32 Å². The predicted molar refractivity (Wildman–Crippen MR) is 97.7 cm³/mol. The van der Waals surface area contributed by atoms with E-state index in [0.717, 1.165) is 16.2 Å². The van der Waals surface area contributed by atoms with Crippen LogP contribution < -0.4 is 10.5 Å². The zero-order chi connectivity index (χ0) is 17.6. The number of nitrogens with two attached hydrogens (primary N) is 1. The van der Waals surface area contributed by atoms with E-state index in [1.54, 1.807) is 6.20 Å². The van der Waals surface area contributed by atoms with Gasteiger partial charge in [0, 0.05) is 34.3 Å². The average molecular weight is 378 g/mol. The molecule has 1 aliphatic heterocycles. The van der Waals surface area contributed by atoms with Crippen LogP contribution in [0.15, 0.2) is 18.3 Å². The lowest BCUT2D eigenvalue weighted by atomic mass is 10.3. The molecule has 2 aromatic rings. The molecule has 0 saturated heterocycles. The van der Waals surface area contributed by atoms with Gasteiger partial charge in [0.15, 0.2) is 11.6 Å². The summed E-state index contributed by atoms with van der Waals surface area (Å²) in [6, 6.07) is 2.00. The fourth-order valence-electron chi connectivity index (χ4n) is 2.60. The molecule has 3 heterocycles. The van der Waals surface area contributed by atoms with Crippen LogP contribution in [-0.2, 0) is 10.0 Å². The summed E-state index contributed by atoms with van der Waals surface area (Å²) < 4.78 is 22.3. The summed E-state index contributed by atoms with van der Waals surface area (Å²) in [6.45, 7) is 1.91. The molecule has 8 nitrogen and oxygen atoms in total. The minimum atomic E-state index is -3.58. The third-order valence-electron chi connectivity index (χ3n) is 4.17. The van der Waals surface area contributed by atoms with Crippen LogP contribution in [0.1, 0.15) is 42.3 Å². The monoisotopic (exact) mass is 378 g/mol. The van der Waals surface area contributed by atoms with Crippen LogP contribution in [0.4, 0.5) is 11.6 Å². The Hall–Kier alpha value is -1.91. The first-order chi connectivity index (χ1) is 11.9. The second-order valence-corrected chi connectivity index (χ2v) is 9.56. The molecule has 1 fully saturated rings. The first-order valence-corrected chi connectivity index (χ1v) is 10.4. The highest BCUT2D eigenvalue weighted by Crippen LogP contribution is 2.41. The van der Waals surface area contributed by atoms with Crippen molar-refractivity contribution in [2.45, 2.75) is 36.7 Å². The van der Waals surface area contributed by atoms with Crippen LogP contribution in [0.2, 0.25) is 0 Å². The maximum absolute atomic E-state index is 11.5. The zero-order valence-electron chi connectivity index (χ0n) is 13.6. The maximum Gasteiger partial charge on any atom is 0.222 e. The van der Waals surface area contributed by atoms with E-state index in [2.05, 4.69) is 25.5 Å². The van der Waals surface area contributed by atoms with E-state index in [1.807, 2.05) is 19.1 Å². The van der Waals surface area contributed by atoms with Crippen molar-refractivity contribution in [1.29, 1.82) is 0 Å². The molecule has 2 aliphatic rings. The first-order valence-electron chi connectivity index (χ1n) is 7.95. The molecule has 0 aromatic carbocycles. The lowest BCUT2D eigenvalue weighted by Crippen LogP contribution is -2.23. The number of rotatable bonds is 5. The molecule has 1 unspecified atom stereocenters. The van der Waals surface area contributed by atoms with Crippen LogP contribution in [0.5, 0.6) is 0 Å². The van der Waals surface area contributed by atoms with Crippen LogP contribution in [0.25, 0.3) is 4.91 Å². The molecule has 10 heteroatoms. The number of aromatic amines is 1. The highest BCUT2D eigenvalue weighted by atomic mass is 32.3. The third-order valence-corrected chi connectivity index (χ3v) is 7.25. The van der Waals surface area contributed by atoms with Crippen molar-refractivity contribution in [2.75, 3.05) is 5.32 Å². The Balaban J connectivity index is 1.54. The number of thioether (sulfide) groups is 1. The average Bonchev–Trinajstić information content (AvgIpc) is 3.09. The molecule has 0 amide bonds. The lowest BCUT2D eigenvalue weighted by Gasteiger charge is -2.09. The van der Waals surface area contributed by atoms with Gasteiger partial charge in [-0.2, -0.15) is 5.10 Å². The van der Waals surface area contributed by atoms with Gasteiger partial charge >= 0.3 is 0 Å². The summed E-state index contributed by atoms with van der Waals surface area (Å²) in [4.78, 5) is 9.58. The lowest BCUT2D eigenvalue weighted by molar-refractivity contribution is 0.595. The van der Waals surface area contributed by atoms with Crippen molar-refractivity contribution in [3.8, 4) is 0 Å². The van der Waals surface area contributed by atoms with Crippen molar-refractivity contribution in [2.24, 2.45) is 5.14 Å². The molecule has 1 saturated carbocycles. The summed E-state index contributed by atoms with van der Waals surface area (Å²) in [6.07, 6.45) is 6.30. The van der Waals surface area contributed by atoms with Gasteiger partial charge in [0.05, 0.1) is 0 Å². The minimum Gasteiger partial charge on any atom is -0.323 e. The number of allylic oxidation sites excluding steroid dienone is 1. The number of sulfonamides is 1. The standard InChI is InChI=1S/C15H18N6O2S2/c1-8-7-17-15(11-4-5-13(24-11)25(16,22)23)19-14(8)18-12-6-10(20-21-12)9-2-3-9/h4,6-7,9,13H,2-3,5H2,1H3,(H2,16,22,23)(H2,17,18,19,20,21). The third kappa shape index (κ3) is 3.55. The van der Waals surface area contributed by atoms with Gasteiger partial charge in [0.25, 0.3) is 0 Å². The van der Waals surface area contributed by atoms with Crippen molar-refractivity contribution in [1.82, 2.24) is 20.2 Å². The van der Waals surface area contributed by atoms with Crippen LogP contribution in [0, 0.1) is 6.92 Å². The second-order valence-electron chi connectivity index (χ2n) is 6.27. The van der Waals surface area contributed by atoms with Crippen molar-refractivity contribution in [3.63, 3.8) is 0 Å². The molecular formula is C15H18N6O2S2. The Morgan fingerprint density at radius 3 is 2.88 bits per heavy atom. The Labute approximate surface area is 149 Å². The fourth-order valence-corrected chi connectivity index (χ4v) is 4.68. The first kappa shape index (κ1) is 16.6. The van der Waals surface area contributed by atoms with Crippen LogP contribution >= 0.6 is 11.8 Å². The van der Waals surface area contributed by atoms with Crippen LogP contribution in [0.3, 0.4) is 0 Å². The van der Waals surface area contributed by atoms with Crippen LogP contribution in [-0.4, -0.2) is 33.2 Å². The number of nitrogens with one attached hydrogen (secondary N) is 2. The molecule has 0 bridgehead atoms. The zero-order valence-corrected chi connectivity index (χ0v) is 15.2. The van der Waals surface area contributed by atoms with Gasteiger partial charge in [-0.15, -0.1) is 11.8 Å². The number of aromatic nitrogens is 4. The van der Waals surface area contributed by atoms with E-state index >= 15 is 0 Å². The number of primary sulfonamides is 1. The predicted octanol–water partition coefficient (Wildman–Crippen LogP) is 2.22. The molecule has 25 heavy (non-hydrogen) atoms.